The van der Waals surface area contributed by atoms with Gasteiger partial charge in [0.1, 0.15) is 5.82 Å². The Morgan fingerprint density at radius 2 is 1.91 bits per heavy atom. The van der Waals surface area contributed by atoms with Crippen molar-refractivity contribution in [1.29, 1.82) is 0 Å². The Balaban J connectivity index is 1.87. The summed E-state index contributed by atoms with van der Waals surface area (Å²) >= 11 is 5.57. The van der Waals surface area contributed by atoms with E-state index >= 15 is 0 Å². The molecule has 1 saturated heterocycles. The van der Waals surface area contributed by atoms with Gasteiger partial charge in [0.05, 0.1) is 5.02 Å². The SMILES string of the molecule is CC(C)(CNC(=O)C(=O)Nc1ccc(Cl)c(F)c1)N1CCCC1. The van der Waals surface area contributed by atoms with E-state index < -0.39 is 17.6 Å². The highest BCUT2D eigenvalue weighted by molar-refractivity contribution is 6.39. The maximum Gasteiger partial charge on any atom is 0.313 e. The number of hydrogen-bond donors (Lipinski definition) is 2. The van der Waals surface area contributed by atoms with Gasteiger partial charge in [-0.15, -0.1) is 0 Å². The monoisotopic (exact) mass is 341 g/mol. The van der Waals surface area contributed by atoms with Crippen LogP contribution in [0.15, 0.2) is 18.2 Å². The summed E-state index contributed by atoms with van der Waals surface area (Å²) in [5.41, 5.74) is -0.0235. The number of hydrogen-bond acceptors (Lipinski definition) is 3. The lowest BCUT2D eigenvalue weighted by Crippen LogP contribution is -2.52. The molecule has 1 heterocycles. The molecular weight excluding hydrogens is 321 g/mol. The van der Waals surface area contributed by atoms with E-state index in [0.717, 1.165) is 32.0 Å². The number of nitrogens with zero attached hydrogens (tertiary/aromatic N) is 1. The number of likely N-dealkylation sites (tertiary alicyclic amines) is 1. The molecule has 0 unspecified atom stereocenters. The lowest BCUT2D eigenvalue weighted by Gasteiger charge is -2.35. The van der Waals surface area contributed by atoms with Crippen molar-refractivity contribution in [3.63, 3.8) is 0 Å². The molecule has 5 nitrogen and oxygen atoms in total. The van der Waals surface area contributed by atoms with Gasteiger partial charge in [-0.1, -0.05) is 11.6 Å². The number of carbonyl (C=O) groups excluding carboxylic acids is 2. The lowest BCUT2D eigenvalue weighted by atomic mass is 10.0. The second kappa shape index (κ2) is 7.27. The van der Waals surface area contributed by atoms with E-state index in [-0.39, 0.29) is 16.2 Å². The minimum atomic E-state index is -0.830. The van der Waals surface area contributed by atoms with E-state index in [9.17, 15) is 14.0 Å². The van der Waals surface area contributed by atoms with Gasteiger partial charge in [-0.3, -0.25) is 14.5 Å². The zero-order chi connectivity index (χ0) is 17.0. The summed E-state index contributed by atoms with van der Waals surface area (Å²) in [6.07, 6.45) is 2.31. The molecule has 2 N–H and O–H groups in total. The summed E-state index contributed by atoms with van der Waals surface area (Å²) in [6.45, 7) is 6.43. The normalized spacial score (nSPS) is 15.5. The van der Waals surface area contributed by atoms with Crippen molar-refractivity contribution >= 4 is 29.1 Å². The van der Waals surface area contributed by atoms with Gasteiger partial charge in [-0.2, -0.15) is 0 Å². The number of nitrogens with one attached hydrogen (secondary N) is 2. The molecule has 0 aliphatic carbocycles. The fourth-order valence-corrected chi connectivity index (χ4v) is 2.69. The minimum absolute atomic E-state index is 0.0418. The third-order valence-electron chi connectivity index (χ3n) is 4.03. The van der Waals surface area contributed by atoms with Crippen LogP contribution in [-0.2, 0) is 9.59 Å². The van der Waals surface area contributed by atoms with Crippen molar-refractivity contribution in [2.45, 2.75) is 32.2 Å². The Hall–Kier alpha value is -1.66. The van der Waals surface area contributed by atoms with Gasteiger partial charge in [0.2, 0.25) is 0 Å². The Labute approximate surface area is 140 Å². The highest BCUT2D eigenvalue weighted by Crippen LogP contribution is 2.20. The first kappa shape index (κ1) is 17.7. The van der Waals surface area contributed by atoms with Crippen LogP contribution in [0.2, 0.25) is 5.02 Å². The van der Waals surface area contributed by atoms with Crippen molar-refractivity contribution in [3.8, 4) is 0 Å². The first-order valence-corrected chi connectivity index (χ1v) is 7.97. The van der Waals surface area contributed by atoms with Crippen LogP contribution in [-0.4, -0.2) is 41.9 Å². The van der Waals surface area contributed by atoms with Gasteiger partial charge in [-0.25, -0.2) is 4.39 Å². The van der Waals surface area contributed by atoms with E-state index in [1.165, 1.54) is 12.1 Å². The van der Waals surface area contributed by atoms with Crippen molar-refractivity contribution < 1.29 is 14.0 Å². The molecule has 2 rings (SSSR count). The highest BCUT2D eigenvalue weighted by Gasteiger charge is 2.30. The van der Waals surface area contributed by atoms with Gasteiger partial charge in [0.25, 0.3) is 0 Å². The van der Waals surface area contributed by atoms with Gasteiger partial charge >= 0.3 is 11.8 Å². The molecule has 1 aromatic rings. The second-order valence-corrected chi connectivity index (χ2v) is 6.68. The van der Waals surface area contributed by atoms with Gasteiger partial charge in [0, 0.05) is 17.8 Å². The zero-order valence-corrected chi connectivity index (χ0v) is 14.0. The maximum atomic E-state index is 13.3. The van der Waals surface area contributed by atoms with Gasteiger partial charge < -0.3 is 10.6 Å². The molecule has 0 saturated carbocycles. The smallest absolute Gasteiger partial charge is 0.313 e. The third-order valence-corrected chi connectivity index (χ3v) is 4.33. The standard InChI is InChI=1S/C16H21ClFN3O2/c1-16(2,21-7-3-4-8-21)10-19-14(22)15(23)20-11-5-6-12(17)13(18)9-11/h5-6,9H,3-4,7-8,10H2,1-2H3,(H,19,22)(H,20,23). The molecule has 0 atom stereocenters. The quantitative estimate of drug-likeness (QED) is 0.827. The molecule has 0 spiro atoms. The van der Waals surface area contributed by atoms with Crippen LogP contribution < -0.4 is 10.6 Å². The summed E-state index contributed by atoms with van der Waals surface area (Å²) in [5.74, 6) is -2.23. The fourth-order valence-electron chi connectivity index (χ4n) is 2.57. The predicted molar refractivity (Wildman–Crippen MR) is 87.9 cm³/mol. The van der Waals surface area contributed by atoms with Crippen LogP contribution in [0.5, 0.6) is 0 Å². The molecule has 0 radical (unpaired) electrons. The van der Waals surface area contributed by atoms with Crippen LogP contribution in [0.4, 0.5) is 10.1 Å². The van der Waals surface area contributed by atoms with E-state index in [4.69, 9.17) is 11.6 Å². The van der Waals surface area contributed by atoms with Crippen molar-refractivity contribution in [2.75, 3.05) is 25.0 Å². The average Bonchev–Trinajstić information content (AvgIpc) is 3.04. The number of amides is 2. The van der Waals surface area contributed by atoms with Crippen LogP contribution in [0.1, 0.15) is 26.7 Å². The van der Waals surface area contributed by atoms with Crippen molar-refractivity contribution in [3.05, 3.63) is 29.0 Å². The molecule has 1 aliphatic heterocycles. The second-order valence-electron chi connectivity index (χ2n) is 6.27. The number of halogens is 2. The number of anilines is 1. The Bertz CT molecular complexity index is 601. The number of carbonyl (C=O) groups is 2. The largest absolute Gasteiger partial charge is 0.346 e. The molecule has 0 aromatic heterocycles. The average molecular weight is 342 g/mol. The minimum Gasteiger partial charge on any atom is -0.346 e. The summed E-state index contributed by atoms with van der Waals surface area (Å²) in [5, 5.41) is 4.94. The zero-order valence-electron chi connectivity index (χ0n) is 13.3. The van der Waals surface area contributed by atoms with E-state index in [2.05, 4.69) is 15.5 Å². The summed E-state index contributed by atoms with van der Waals surface area (Å²) < 4.78 is 13.3. The molecule has 2 amide bonds. The summed E-state index contributed by atoms with van der Waals surface area (Å²) in [4.78, 5) is 26.0. The van der Waals surface area contributed by atoms with Crippen LogP contribution in [0, 0.1) is 5.82 Å². The van der Waals surface area contributed by atoms with Crippen LogP contribution in [0.25, 0.3) is 0 Å². The van der Waals surface area contributed by atoms with Crippen LogP contribution >= 0.6 is 11.6 Å². The molecule has 0 bridgehead atoms. The topological polar surface area (TPSA) is 61.4 Å². The molecule has 7 heteroatoms. The Morgan fingerprint density at radius 1 is 1.26 bits per heavy atom. The maximum absolute atomic E-state index is 13.3. The van der Waals surface area contributed by atoms with E-state index in [0.29, 0.717) is 6.54 Å². The molecule has 1 aromatic carbocycles. The third kappa shape index (κ3) is 4.65. The molecule has 126 valence electrons. The summed E-state index contributed by atoms with van der Waals surface area (Å²) in [6, 6.07) is 3.83. The molecular formula is C16H21ClFN3O2. The first-order valence-electron chi connectivity index (χ1n) is 7.59. The van der Waals surface area contributed by atoms with E-state index in [1.54, 1.807) is 0 Å². The van der Waals surface area contributed by atoms with Gasteiger partial charge in [0.15, 0.2) is 0 Å². The highest BCUT2D eigenvalue weighted by atomic mass is 35.5. The fraction of sp³-hybridized carbons (Fsp3) is 0.500. The molecule has 1 aliphatic rings. The van der Waals surface area contributed by atoms with Crippen molar-refractivity contribution in [1.82, 2.24) is 10.2 Å². The van der Waals surface area contributed by atoms with Crippen LogP contribution in [0.3, 0.4) is 0 Å². The Kier molecular flexibility index (Phi) is 5.59. The number of benzene rings is 1. The van der Waals surface area contributed by atoms with Crippen molar-refractivity contribution in [2.24, 2.45) is 0 Å². The predicted octanol–water partition coefficient (Wildman–Crippen LogP) is 2.41. The van der Waals surface area contributed by atoms with E-state index in [1.807, 2.05) is 13.8 Å². The van der Waals surface area contributed by atoms with Gasteiger partial charge in [-0.05, 0) is 58.0 Å². The number of rotatable bonds is 4. The summed E-state index contributed by atoms with van der Waals surface area (Å²) in [7, 11) is 0. The molecule has 23 heavy (non-hydrogen) atoms. The molecule has 1 fully saturated rings. The lowest BCUT2D eigenvalue weighted by molar-refractivity contribution is -0.136. The Morgan fingerprint density at radius 3 is 2.52 bits per heavy atom. The first-order chi connectivity index (χ1) is 10.8.